The second-order valence-electron chi connectivity index (χ2n) is 3.58. The number of anilines is 1. The van der Waals surface area contributed by atoms with Crippen molar-refractivity contribution in [3.8, 4) is 0 Å². The predicted molar refractivity (Wildman–Crippen MR) is 68.5 cm³/mol. The predicted octanol–water partition coefficient (Wildman–Crippen LogP) is 3.59. The number of para-hydroxylation sites is 1. The summed E-state index contributed by atoms with van der Waals surface area (Å²) >= 11 is 3.53. The van der Waals surface area contributed by atoms with Gasteiger partial charge in [0, 0.05) is 17.6 Å². The van der Waals surface area contributed by atoms with Crippen LogP contribution in [0.5, 0.6) is 0 Å². The van der Waals surface area contributed by atoms with Gasteiger partial charge in [-0.1, -0.05) is 12.1 Å². The van der Waals surface area contributed by atoms with E-state index in [1.807, 2.05) is 19.1 Å². The fraction of sp³-hybridized carbons (Fsp3) is 0.500. The van der Waals surface area contributed by atoms with Crippen LogP contribution in [0.15, 0.2) is 22.7 Å². The molecule has 1 aromatic carbocycles. The molecule has 0 radical (unpaired) electrons. The molecule has 2 nitrogen and oxygen atoms in total. The van der Waals surface area contributed by atoms with Gasteiger partial charge in [0.2, 0.25) is 0 Å². The SMILES string of the molecule is CCOC(C)CNc1c(C)cccc1Br. The first-order valence-corrected chi connectivity index (χ1v) is 6.05. The number of rotatable bonds is 5. The third-order valence-corrected chi connectivity index (χ3v) is 2.90. The molecular weight excluding hydrogens is 254 g/mol. The molecule has 0 spiro atoms. The number of ether oxygens (including phenoxy) is 1. The van der Waals surface area contributed by atoms with Gasteiger partial charge in [-0.15, -0.1) is 0 Å². The summed E-state index contributed by atoms with van der Waals surface area (Å²) in [4.78, 5) is 0. The van der Waals surface area contributed by atoms with E-state index in [1.165, 1.54) is 5.56 Å². The summed E-state index contributed by atoms with van der Waals surface area (Å²) in [7, 11) is 0. The van der Waals surface area contributed by atoms with E-state index >= 15 is 0 Å². The van der Waals surface area contributed by atoms with Crippen molar-refractivity contribution in [2.45, 2.75) is 26.9 Å². The Morgan fingerprint density at radius 3 is 2.80 bits per heavy atom. The molecule has 0 aliphatic heterocycles. The number of nitrogens with one attached hydrogen (secondary N) is 1. The van der Waals surface area contributed by atoms with Crippen molar-refractivity contribution in [1.82, 2.24) is 0 Å². The van der Waals surface area contributed by atoms with E-state index in [9.17, 15) is 0 Å². The number of aryl methyl sites for hydroxylation is 1. The van der Waals surface area contributed by atoms with Crippen LogP contribution in [-0.2, 0) is 4.74 Å². The lowest BCUT2D eigenvalue weighted by Gasteiger charge is -2.16. The average Bonchev–Trinajstić information content (AvgIpc) is 2.17. The van der Waals surface area contributed by atoms with E-state index in [2.05, 4.69) is 41.2 Å². The Balaban J connectivity index is 2.57. The molecule has 1 rings (SSSR count). The van der Waals surface area contributed by atoms with Crippen molar-refractivity contribution in [2.24, 2.45) is 0 Å². The molecule has 15 heavy (non-hydrogen) atoms. The van der Waals surface area contributed by atoms with E-state index in [4.69, 9.17) is 4.74 Å². The molecular formula is C12H18BrNO. The second-order valence-corrected chi connectivity index (χ2v) is 4.43. The molecule has 1 unspecified atom stereocenters. The van der Waals surface area contributed by atoms with Crippen LogP contribution in [0.1, 0.15) is 19.4 Å². The van der Waals surface area contributed by atoms with Gasteiger partial charge in [-0.25, -0.2) is 0 Å². The average molecular weight is 272 g/mol. The van der Waals surface area contributed by atoms with Crippen molar-refractivity contribution in [2.75, 3.05) is 18.5 Å². The first-order valence-electron chi connectivity index (χ1n) is 5.25. The molecule has 1 aromatic rings. The van der Waals surface area contributed by atoms with Crippen molar-refractivity contribution < 1.29 is 4.74 Å². The summed E-state index contributed by atoms with van der Waals surface area (Å²) in [5.41, 5.74) is 2.40. The first-order chi connectivity index (χ1) is 7.15. The molecule has 3 heteroatoms. The zero-order valence-electron chi connectivity index (χ0n) is 9.51. The Morgan fingerprint density at radius 1 is 1.47 bits per heavy atom. The molecule has 0 heterocycles. The summed E-state index contributed by atoms with van der Waals surface area (Å²) in [5, 5.41) is 3.39. The molecule has 84 valence electrons. The fourth-order valence-corrected chi connectivity index (χ4v) is 2.05. The van der Waals surface area contributed by atoms with E-state index < -0.39 is 0 Å². The maximum atomic E-state index is 5.47. The molecule has 0 saturated heterocycles. The van der Waals surface area contributed by atoms with E-state index in [0.717, 1.165) is 23.3 Å². The fourth-order valence-electron chi connectivity index (χ4n) is 1.45. The van der Waals surface area contributed by atoms with Gasteiger partial charge in [0.15, 0.2) is 0 Å². The van der Waals surface area contributed by atoms with E-state index in [-0.39, 0.29) is 6.10 Å². The van der Waals surface area contributed by atoms with Crippen molar-refractivity contribution in [3.05, 3.63) is 28.2 Å². The smallest absolute Gasteiger partial charge is 0.0719 e. The lowest BCUT2D eigenvalue weighted by molar-refractivity contribution is 0.0855. The van der Waals surface area contributed by atoms with Gasteiger partial charge in [0.05, 0.1) is 11.8 Å². The van der Waals surface area contributed by atoms with Gasteiger partial charge in [-0.05, 0) is 48.3 Å². The van der Waals surface area contributed by atoms with Gasteiger partial charge in [0.25, 0.3) is 0 Å². The van der Waals surface area contributed by atoms with Crippen LogP contribution in [0, 0.1) is 6.92 Å². The Labute approximate surface area is 100 Å². The van der Waals surface area contributed by atoms with Gasteiger partial charge >= 0.3 is 0 Å². The zero-order chi connectivity index (χ0) is 11.3. The highest BCUT2D eigenvalue weighted by Crippen LogP contribution is 2.25. The Kier molecular flexibility index (Phi) is 5.12. The van der Waals surface area contributed by atoms with Crippen LogP contribution in [0.2, 0.25) is 0 Å². The van der Waals surface area contributed by atoms with Gasteiger partial charge < -0.3 is 10.1 Å². The van der Waals surface area contributed by atoms with E-state index in [1.54, 1.807) is 0 Å². The Morgan fingerprint density at radius 2 is 2.20 bits per heavy atom. The highest BCUT2D eigenvalue weighted by molar-refractivity contribution is 9.10. The first kappa shape index (κ1) is 12.5. The minimum absolute atomic E-state index is 0.238. The van der Waals surface area contributed by atoms with Crippen LogP contribution in [-0.4, -0.2) is 19.3 Å². The van der Waals surface area contributed by atoms with Crippen molar-refractivity contribution >= 4 is 21.6 Å². The molecule has 1 N–H and O–H groups in total. The van der Waals surface area contributed by atoms with Crippen LogP contribution < -0.4 is 5.32 Å². The second kappa shape index (κ2) is 6.13. The summed E-state index contributed by atoms with van der Waals surface area (Å²) in [6, 6.07) is 6.18. The van der Waals surface area contributed by atoms with Crippen LogP contribution >= 0.6 is 15.9 Å². The summed E-state index contributed by atoms with van der Waals surface area (Å²) in [5.74, 6) is 0. The van der Waals surface area contributed by atoms with Crippen LogP contribution in [0.3, 0.4) is 0 Å². The molecule has 1 atom stereocenters. The molecule has 0 aliphatic rings. The third-order valence-electron chi connectivity index (χ3n) is 2.24. The molecule has 0 aromatic heterocycles. The summed E-state index contributed by atoms with van der Waals surface area (Å²) < 4.78 is 6.57. The maximum Gasteiger partial charge on any atom is 0.0719 e. The standard InChI is InChI=1S/C12H18BrNO/c1-4-15-10(3)8-14-12-9(2)6-5-7-11(12)13/h5-7,10,14H,4,8H2,1-3H3. The van der Waals surface area contributed by atoms with Gasteiger partial charge in [-0.3, -0.25) is 0 Å². The minimum Gasteiger partial charge on any atom is -0.381 e. The number of benzene rings is 1. The quantitative estimate of drug-likeness (QED) is 0.884. The van der Waals surface area contributed by atoms with Gasteiger partial charge in [0.1, 0.15) is 0 Å². The lowest BCUT2D eigenvalue weighted by Crippen LogP contribution is -2.20. The lowest BCUT2D eigenvalue weighted by atomic mass is 10.2. The molecule has 0 amide bonds. The summed E-state index contributed by atoms with van der Waals surface area (Å²) in [6.45, 7) is 7.77. The number of hydrogen-bond acceptors (Lipinski definition) is 2. The number of halogens is 1. The molecule has 0 fully saturated rings. The van der Waals surface area contributed by atoms with Crippen molar-refractivity contribution in [1.29, 1.82) is 0 Å². The van der Waals surface area contributed by atoms with Crippen LogP contribution in [0.25, 0.3) is 0 Å². The minimum atomic E-state index is 0.238. The highest BCUT2D eigenvalue weighted by Gasteiger charge is 2.05. The Hall–Kier alpha value is -0.540. The normalized spacial score (nSPS) is 12.5. The zero-order valence-corrected chi connectivity index (χ0v) is 11.1. The van der Waals surface area contributed by atoms with Gasteiger partial charge in [-0.2, -0.15) is 0 Å². The number of hydrogen-bond donors (Lipinski definition) is 1. The summed E-state index contributed by atoms with van der Waals surface area (Å²) in [6.07, 6.45) is 0.238. The van der Waals surface area contributed by atoms with Crippen molar-refractivity contribution in [3.63, 3.8) is 0 Å². The van der Waals surface area contributed by atoms with Crippen LogP contribution in [0.4, 0.5) is 5.69 Å². The molecule has 0 saturated carbocycles. The largest absolute Gasteiger partial charge is 0.381 e. The van der Waals surface area contributed by atoms with E-state index in [0.29, 0.717) is 0 Å². The topological polar surface area (TPSA) is 21.3 Å². The third kappa shape index (κ3) is 3.84. The maximum absolute atomic E-state index is 5.47. The molecule has 0 aliphatic carbocycles. The highest BCUT2D eigenvalue weighted by atomic mass is 79.9. The Bertz CT molecular complexity index is 294. The monoisotopic (exact) mass is 271 g/mol. The molecule has 0 bridgehead atoms.